The van der Waals surface area contributed by atoms with E-state index in [2.05, 4.69) is 10.1 Å². The van der Waals surface area contributed by atoms with Crippen molar-refractivity contribution in [2.24, 2.45) is 0 Å². The lowest BCUT2D eigenvalue weighted by atomic mass is 10.0. The van der Waals surface area contributed by atoms with E-state index in [1.54, 1.807) is 30.5 Å². The van der Waals surface area contributed by atoms with Crippen LogP contribution < -0.4 is 4.74 Å². The van der Waals surface area contributed by atoms with Crippen LogP contribution in [0.1, 0.15) is 21.7 Å². The van der Waals surface area contributed by atoms with Gasteiger partial charge in [-0.3, -0.25) is 19.3 Å². The fourth-order valence-corrected chi connectivity index (χ4v) is 2.66. The maximum atomic E-state index is 12.5. The first kappa shape index (κ1) is 16.6. The van der Waals surface area contributed by atoms with Crippen LogP contribution in [-0.2, 0) is 17.8 Å². The van der Waals surface area contributed by atoms with Crippen LogP contribution in [0.4, 0.5) is 0 Å². The van der Waals surface area contributed by atoms with Gasteiger partial charge in [0, 0.05) is 35.3 Å². The topological polar surface area (TPSA) is 94.3 Å². The smallest absolute Gasteiger partial charge is 0.325 e. The summed E-state index contributed by atoms with van der Waals surface area (Å²) in [5.74, 6) is -0.547. The number of methoxy groups -OCH3 is 1. The molecule has 0 spiro atoms. The Labute approximate surface area is 143 Å². The molecule has 3 rings (SSSR count). The maximum absolute atomic E-state index is 12.5. The number of aliphatic carboxylic acids is 1. The van der Waals surface area contributed by atoms with Crippen molar-refractivity contribution >= 4 is 22.7 Å². The Kier molecular flexibility index (Phi) is 4.47. The quantitative estimate of drug-likeness (QED) is 0.692. The maximum Gasteiger partial charge on any atom is 0.325 e. The molecular weight excluding hydrogens is 322 g/mol. The zero-order valence-electron chi connectivity index (χ0n) is 13.9. The molecule has 0 saturated carbocycles. The number of aryl methyl sites for hydroxylation is 1. The van der Waals surface area contributed by atoms with E-state index >= 15 is 0 Å². The molecule has 1 N–H and O–H groups in total. The second-order valence-corrected chi connectivity index (χ2v) is 5.71. The number of pyridine rings is 1. The highest BCUT2D eigenvalue weighted by atomic mass is 16.5. The number of Topliss-reactive ketones (excluding diaryl/α,β-unsaturated/α-hetero) is 1. The summed E-state index contributed by atoms with van der Waals surface area (Å²) in [6.07, 6.45) is 1.78. The van der Waals surface area contributed by atoms with Gasteiger partial charge in [-0.15, -0.1) is 0 Å². The third-order valence-electron chi connectivity index (χ3n) is 3.78. The van der Waals surface area contributed by atoms with E-state index in [0.717, 1.165) is 11.1 Å². The van der Waals surface area contributed by atoms with Crippen molar-refractivity contribution in [3.8, 4) is 5.75 Å². The SMILES string of the molecule is COc1cc2nn(CC(=O)O)cc2cc1CC(=O)c1cccc(C)n1. The monoisotopic (exact) mass is 339 g/mol. The lowest BCUT2D eigenvalue weighted by molar-refractivity contribution is -0.137. The predicted octanol–water partition coefficient (Wildman–Crippen LogP) is 2.26. The van der Waals surface area contributed by atoms with Crippen molar-refractivity contribution in [2.75, 3.05) is 7.11 Å². The lowest BCUT2D eigenvalue weighted by Crippen LogP contribution is -2.08. The Balaban J connectivity index is 1.94. The molecule has 0 unspecified atom stereocenters. The molecule has 128 valence electrons. The van der Waals surface area contributed by atoms with Gasteiger partial charge in [0.25, 0.3) is 0 Å². The Morgan fingerprint density at radius 2 is 2.08 bits per heavy atom. The summed E-state index contributed by atoms with van der Waals surface area (Å²) >= 11 is 0. The molecule has 0 fully saturated rings. The molecule has 0 radical (unpaired) electrons. The van der Waals surface area contributed by atoms with Crippen molar-refractivity contribution in [3.05, 3.63) is 53.5 Å². The molecule has 2 heterocycles. The first-order valence-electron chi connectivity index (χ1n) is 7.69. The largest absolute Gasteiger partial charge is 0.496 e. The minimum atomic E-state index is -0.972. The number of hydrogen-bond acceptors (Lipinski definition) is 5. The minimum absolute atomic E-state index is 0.112. The van der Waals surface area contributed by atoms with E-state index in [4.69, 9.17) is 9.84 Å². The van der Waals surface area contributed by atoms with Crippen LogP contribution in [0.15, 0.2) is 36.5 Å². The fourth-order valence-electron chi connectivity index (χ4n) is 2.66. The van der Waals surface area contributed by atoms with Crippen LogP contribution in [-0.4, -0.2) is 38.7 Å². The molecule has 3 aromatic rings. The van der Waals surface area contributed by atoms with Crippen LogP contribution in [0.3, 0.4) is 0 Å². The summed E-state index contributed by atoms with van der Waals surface area (Å²) in [4.78, 5) is 27.6. The summed E-state index contributed by atoms with van der Waals surface area (Å²) in [6.45, 7) is 1.61. The number of hydrogen-bond donors (Lipinski definition) is 1. The van der Waals surface area contributed by atoms with E-state index in [1.807, 2.05) is 13.0 Å². The number of benzene rings is 1. The van der Waals surface area contributed by atoms with Gasteiger partial charge >= 0.3 is 5.97 Å². The van der Waals surface area contributed by atoms with Gasteiger partial charge < -0.3 is 9.84 Å². The summed E-state index contributed by atoms with van der Waals surface area (Å²) in [7, 11) is 1.52. The number of ketones is 1. The van der Waals surface area contributed by atoms with Crippen molar-refractivity contribution in [3.63, 3.8) is 0 Å². The third kappa shape index (κ3) is 3.65. The van der Waals surface area contributed by atoms with E-state index in [9.17, 15) is 9.59 Å². The van der Waals surface area contributed by atoms with Crippen LogP contribution >= 0.6 is 0 Å². The van der Waals surface area contributed by atoms with Gasteiger partial charge in [-0.05, 0) is 25.1 Å². The fraction of sp³-hybridized carbons (Fsp3) is 0.222. The van der Waals surface area contributed by atoms with Gasteiger partial charge in [-0.1, -0.05) is 6.07 Å². The van der Waals surface area contributed by atoms with Gasteiger partial charge in [0.2, 0.25) is 0 Å². The number of rotatable bonds is 6. The number of fused-ring (bicyclic) bond motifs is 1. The molecule has 25 heavy (non-hydrogen) atoms. The van der Waals surface area contributed by atoms with Crippen LogP contribution in [0.2, 0.25) is 0 Å². The molecule has 0 aliphatic heterocycles. The number of aromatic nitrogens is 3. The number of carbonyl (C=O) groups excluding carboxylic acids is 1. The van der Waals surface area contributed by atoms with Crippen LogP contribution in [0.5, 0.6) is 5.75 Å². The van der Waals surface area contributed by atoms with Crippen molar-refractivity contribution < 1.29 is 19.4 Å². The molecule has 7 heteroatoms. The van der Waals surface area contributed by atoms with E-state index in [-0.39, 0.29) is 18.7 Å². The summed E-state index contributed by atoms with van der Waals surface area (Å²) in [5, 5.41) is 13.8. The zero-order chi connectivity index (χ0) is 18.0. The van der Waals surface area contributed by atoms with Crippen molar-refractivity contribution in [1.82, 2.24) is 14.8 Å². The van der Waals surface area contributed by atoms with Crippen molar-refractivity contribution in [1.29, 1.82) is 0 Å². The first-order valence-corrected chi connectivity index (χ1v) is 7.69. The molecule has 0 atom stereocenters. The molecule has 7 nitrogen and oxygen atoms in total. The van der Waals surface area contributed by atoms with Gasteiger partial charge in [0.05, 0.1) is 12.6 Å². The molecule has 2 aromatic heterocycles. The van der Waals surface area contributed by atoms with Gasteiger partial charge in [-0.25, -0.2) is 0 Å². The van der Waals surface area contributed by atoms with Crippen LogP contribution in [0, 0.1) is 6.92 Å². The van der Waals surface area contributed by atoms with Crippen LogP contribution in [0.25, 0.3) is 10.9 Å². The normalized spacial score (nSPS) is 10.8. The molecular formula is C18H17N3O4. The minimum Gasteiger partial charge on any atom is -0.496 e. The van der Waals surface area contributed by atoms with Gasteiger partial charge in [-0.2, -0.15) is 5.10 Å². The van der Waals surface area contributed by atoms with E-state index in [0.29, 0.717) is 22.5 Å². The number of carbonyl (C=O) groups is 2. The molecule has 0 aliphatic carbocycles. The van der Waals surface area contributed by atoms with Crippen molar-refractivity contribution in [2.45, 2.75) is 19.9 Å². The summed E-state index contributed by atoms with van der Waals surface area (Å²) in [6, 6.07) is 8.82. The number of ether oxygens (including phenoxy) is 1. The Morgan fingerprint density at radius 1 is 1.28 bits per heavy atom. The van der Waals surface area contributed by atoms with Gasteiger partial charge in [0.15, 0.2) is 5.78 Å². The Bertz CT molecular complexity index is 962. The first-order chi connectivity index (χ1) is 12.0. The highest BCUT2D eigenvalue weighted by Crippen LogP contribution is 2.26. The number of carboxylic acids is 1. The molecule has 0 saturated heterocycles. The highest BCUT2D eigenvalue weighted by Gasteiger charge is 2.15. The Hall–Kier alpha value is -3.22. The lowest BCUT2D eigenvalue weighted by Gasteiger charge is -2.08. The molecule has 0 bridgehead atoms. The second kappa shape index (κ2) is 6.72. The number of nitrogens with zero attached hydrogens (tertiary/aromatic N) is 3. The van der Waals surface area contributed by atoms with Gasteiger partial charge in [0.1, 0.15) is 18.0 Å². The second-order valence-electron chi connectivity index (χ2n) is 5.71. The Morgan fingerprint density at radius 3 is 2.76 bits per heavy atom. The number of carboxylic acid groups (broad SMARTS) is 1. The molecule has 1 aromatic carbocycles. The average Bonchev–Trinajstić information content (AvgIpc) is 2.94. The zero-order valence-corrected chi connectivity index (χ0v) is 13.9. The van der Waals surface area contributed by atoms with E-state index < -0.39 is 5.97 Å². The van der Waals surface area contributed by atoms with E-state index in [1.165, 1.54) is 11.8 Å². The molecule has 0 amide bonds. The summed E-state index contributed by atoms with van der Waals surface area (Å²) < 4.78 is 6.71. The highest BCUT2D eigenvalue weighted by molar-refractivity contribution is 5.97. The predicted molar refractivity (Wildman–Crippen MR) is 90.9 cm³/mol. The average molecular weight is 339 g/mol. The summed E-state index contributed by atoms with van der Waals surface area (Å²) in [5.41, 5.74) is 2.51. The third-order valence-corrected chi connectivity index (χ3v) is 3.78. The molecule has 0 aliphatic rings. The standard InChI is InChI=1S/C18H17N3O4/c1-11-4-3-5-14(19-11)16(22)7-12-6-13-9-21(10-18(23)24)20-15(13)8-17(12)25-2/h3-6,8-9H,7,10H2,1-2H3,(H,23,24).